The standard InChI is InChI=1S/C20H29F3O/c1-18-10-3-2-4-13(18)5-6-14-15(18)9-11-19(12-20(21,22)23)16(14)7-8-17(19)24/h13-16H,2-12H2,1H3/t13-,14-,15+,16+,18+,19-/m1/s1. The molecule has 0 saturated heterocycles. The summed E-state index contributed by atoms with van der Waals surface area (Å²) in [6, 6.07) is 0. The average molecular weight is 342 g/mol. The molecule has 0 spiro atoms. The number of alkyl halides is 3. The van der Waals surface area contributed by atoms with E-state index in [0.29, 0.717) is 36.5 Å². The number of hydrogen-bond donors (Lipinski definition) is 0. The van der Waals surface area contributed by atoms with Crippen LogP contribution in [0.5, 0.6) is 0 Å². The van der Waals surface area contributed by atoms with Gasteiger partial charge in [-0.2, -0.15) is 13.2 Å². The molecule has 0 heterocycles. The summed E-state index contributed by atoms with van der Waals surface area (Å²) in [4.78, 5) is 12.5. The van der Waals surface area contributed by atoms with Gasteiger partial charge in [0.15, 0.2) is 0 Å². The number of carbonyl (C=O) groups is 1. The zero-order chi connectivity index (χ0) is 17.2. The molecule has 4 heteroatoms. The van der Waals surface area contributed by atoms with Crippen LogP contribution < -0.4 is 0 Å². The molecule has 4 aliphatic rings. The Kier molecular flexibility index (Phi) is 3.86. The molecular weight excluding hydrogens is 313 g/mol. The lowest BCUT2D eigenvalue weighted by atomic mass is 9.45. The van der Waals surface area contributed by atoms with Crippen molar-refractivity contribution in [3.05, 3.63) is 0 Å². The third kappa shape index (κ3) is 2.38. The van der Waals surface area contributed by atoms with Gasteiger partial charge in [-0.1, -0.05) is 19.8 Å². The summed E-state index contributed by atoms with van der Waals surface area (Å²) in [6.07, 6.45) is 4.68. The summed E-state index contributed by atoms with van der Waals surface area (Å²) >= 11 is 0. The smallest absolute Gasteiger partial charge is 0.299 e. The first kappa shape index (κ1) is 16.9. The fraction of sp³-hybridized carbons (Fsp3) is 0.950. The van der Waals surface area contributed by atoms with Crippen LogP contribution in [0.2, 0.25) is 0 Å². The van der Waals surface area contributed by atoms with Crippen LogP contribution in [0, 0.1) is 34.5 Å². The predicted octanol–water partition coefficient (Wildman–Crippen LogP) is 5.92. The maximum absolute atomic E-state index is 13.3. The second-order valence-electron chi connectivity index (χ2n) is 9.35. The van der Waals surface area contributed by atoms with E-state index < -0.39 is 18.0 Å². The molecule has 24 heavy (non-hydrogen) atoms. The van der Waals surface area contributed by atoms with Gasteiger partial charge in [-0.3, -0.25) is 4.79 Å². The zero-order valence-electron chi connectivity index (χ0n) is 14.6. The molecule has 1 nitrogen and oxygen atoms in total. The van der Waals surface area contributed by atoms with Gasteiger partial charge in [0.25, 0.3) is 0 Å². The van der Waals surface area contributed by atoms with E-state index in [1.807, 2.05) is 0 Å². The number of halogens is 3. The highest BCUT2D eigenvalue weighted by atomic mass is 19.4. The summed E-state index contributed by atoms with van der Waals surface area (Å²) < 4.78 is 39.8. The molecule has 0 aromatic heterocycles. The highest BCUT2D eigenvalue weighted by molar-refractivity contribution is 5.87. The zero-order valence-corrected chi connectivity index (χ0v) is 14.6. The lowest BCUT2D eigenvalue weighted by molar-refractivity contribution is -0.188. The SMILES string of the molecule is C[C@]12CCCC[C@@H]1CC[C@H]1[C@@H]3CCC(=O)[C@@]3(CC(F)(F)F)CC[C@@H]12. The Morgan fingerprint density at radius 3 is 2.54 bits per heavy atom. The topological polar surface area (TPSA) is 17.1 Å². The van der Waals surface area contributed by atoms with Crippen LogP contribution in [0.15, 0.2) is 0 Å². The summed E-state index contributed by atoms with van der Waals surface area (Å²) in [5.74, 6) is 1.57. The number of hydrogen-bond acceptors (Lipinski definition) is 1. The van der Waals surface area contributed by atoms with Crippen LogP contribution in [-0.4, -0.2) is 12.0 Å². The predicted molar refractivity (Wildman–Crippen MR) is 86.3 cm³/mol. The molecule has 4 rings (SSSR count). The van der Waals surface area contributed by atoms with Gasteiger partial charge in [-0.25, -0.2) is 0 Å². The minimum Gasteiger partial charge on any atom is -0.299 e. The Morgan fingerprint density at radius 1 is 1.00 bits per heavy atom. The van der Waals surface area contributed by atoms with Crippen LogP contribution in [0.4, 0.5) is 13.2 Å². The van der Waals surface area contributed by atoms with Crippen molar-refractivity contribution in [3.8, 4) is 0 Å². The summed E-state index contributed by atoms with van der Waals surface area (Å²) in [5.41, 5.74) is -0.755. The summed E-state index contributed by atoms with van der Waals surface area (Å²) in [5, 5.41) is 0. The normalized spacial score (nSPS) is 48.6. The molecule has 0 bridgehead atoms. The molecule has 0 aromatic rings. The molecule has 0 unspecified atom stereocenters. The van der Waals surface area contributed by atoms with Crippen LogP contribution in [0.3, 0.4) is 0 Å². The van der Waals surface area contributed by atoms with E-state index in [4.69, 9.17) is 0 Å². The maximum atomic E-state index is 13.3. The first-order valence-corrected chi connectivity index (χ1v) is 9.86. The van der Waals surface area contributed by atoms with Crippen molar-refractivity contribution in [2.75, 3.05) is 0 Å². The van der Waals surface area contributed by atoms with E-state index in [0.717, 1.165) is 18.8 Å². The minimum absolute atomic E-state index is 0.00919. The van der Waals surface area contributed by atoms with Crippen LogP contribution in [0.25, 0.3) is 0 Å². The first-order valence-electron chi connectivity index (χ1n) is 9.86. The van der Waals surface area contributed by atoms with Gasteiger partial charge in [0, 0.05) is 11.8 Å². The second kappa shape index (κ2) is 5.48. The Bertz CT molecular complexity index is 527. The van der Waals surface area contributed by atoms with Gasteiger partial charge in [-0.05, 0) is 74.0 Å². The van der Waals surface area contributed by atoms with Gasteiger partial charge in [-0.15, -0.1) is 0 Å². The number of carbonyl (C=O) groups excluding carboxylic acids is 1. The molecule has 0 amide bonds. The van der Waals surface area contributed by atoms with Crippen molar-refractivity contribution < 1.29 is 18.0 Å². The molecule has 4 saturated carbocycles. The second-order valence-corrected chi connectivity index (χ2v) is 9.35. The quantitative estimate of drug-likeness (QED) is 0.578. The lowest BCUT2D eigenvalue weighted by Crippen LogP contribution is -2.54. The van der Waals surface area contributed by atoms with Crippen molar-refractivity contribution in [3.63, 3.8) is 0 Å². The van der Waals surface area contributed by atoms with Crippen molar-refractivity contribution in [2.24, 2.45) is 34.5 Å². The molecule has 0 aliphatic heterocycles. The minimum atomic E-state index is -4.23. The van der Waals surface area contributed by atoms with E-state index in [1.54, 1.807) is 0 Å². The highest BCUT2D eigenvalue weighted by Gasteiger charge is 2.63. The van der Waals surface area contributed by atoms with Crippen LogP contribution in [-0.2, 0) is 4.79 Å². The highest BCUT2D eigenvalue weighted by Crippen LogP contribution is 2.67. The van der Waals surface area contributed by atoms with Crippen molar-refractivity contribution in [1.29, 1.82) is 0 Å². The van der Waals surface area contributed by atoms with Gasteiger partial charge < -0.3 is 0 Å². The number of rotatable bonds is 1. The van der Waals surface area contributed by atoms with E-state index in [2.05, 4.69) is 6.92 Å². The van der Waals surface area contributed by atoms with Gasteiger partial charge in [0.2, 0.25) is 0 Å². The number of Topliss-reactive ketones (excluding diaryl/α,β-unsaturated/α-hetero) is 1. The number of ketones is 1. The fourth-order valence-corrected chi connectivity index (χ4v) is 7.56. The molecule has 4 aliphatic carbocycles. The third-order valence-electron chi connectivity index (χ3n) is 8.54. The largest absolute Gasteiger partial charge is 0.390 e. The third-order valence-corrected chi connectivity index (χ3v) is 8.54. The average Bonchev–Trinajstić information content (AvgIpc) is 2.82. The first-order chi connectivity index (χ1) is 11.3. The lowest BCUT2D eigenvalue weighted by Gasteiger charge is -2.60. The number of fused-ring (bicyclic) bond motifs is 5. The molecule has 0 radical (unpaired) electrons. The van der Waals surface area contributed by atoms with Crippen LogP contribution in [0.1, 0.15) is 77.6 Å². The molecule has 0 aromatic carbocycles. The molecular formula is C20H29F3O. The van der Waals surface area contributed by atoms with Crippen LogP contribution >= 0.6 is 0 Å². The van der Waals surface area contributed by atoms with E-state index in [-0.39, 0.29) is 11.7 Å². The van der Waals surface area contributed by atoms with E-state index in [9.17, 15) is 18.0 Å². The summed E-state index contributed by atoms with van der Waals surface area (Å²) in [7, 11) is 0. The molecule has 6 atom stereocenters. The Hall–Kier alpha value is -0.540. The maximum Gasteiger partial charge on any atom is 0.390 e. The van der Waals surface area contributed by atoms with Gasteiger partial charge >= 0.3 is 6.18 Å². The van der Waals surface area contributed by atoms with E-state index in [1.165, 1.54) is 32.1 Å². The Morgan fingerprint density at radius 2 is 1.79 bits per heavy atom. The van der Waals surface area contributed by atoms with Crippen molar-refractivity contribution in [1.82, 2.24) is 0 Å². The monoisotopic (exact) mass is 342 g/mol. The van der Waals surface area contributed by atoms with Crippen molar-refractivity contribution in [2.45, 2.75) is 83.7 Å². The molecule has 136 valence electrons. The molecule has 4 fully saturated rings. The van der Waals surface area contributed by atoms with Crippen molar-refractivity contribution >= 4 is 5.78 Å². The summed E-state index contributed by atoms with van der Waals surface area (Å²) in [6.45, 7) is 2.42. The van der Waals surface area contributed by atoms with Gasteiger partial charge in [0.05, 0.1) is 6.42 Å². The van der Waals surface area contributed by atoms with E-state index >= 15 is 0 Å². The Labute approximate surface area is 142 Å². The fourth-order valence-electron chi connectivity index (χ4n) is 7.56. The van der Waals surface area contributed by atoms with Gasteiger partial charge in [0.1, 0.15) is 5.78 Å². The Balaban J connectivity index is 1.65. The molecule has 0 N–H and O–H groups in total.